The second-order valence-electron chi connectivity index (χ2n) is 1.85. The summed E-state index contributed by atoms with van der Waals surface area (Å²) in [4.78, 5) is 3.91. The van der Waals surface area contributed by atoms with E-state index in [4.69, 9.17) is 4.52 Å². The van der Waals surface area contributed by atoms with Crippen LogP contribution in [0.4, 0.5) is 0 Å². The van der Waals surface area contributed by atoms with Gasteiger partial charge in [0.2, 0.25) is 0 Å². The lowest BCUT2D eigenvalue weighted by Crippen LogP contribution is -1.77. The first-order chi connectivity index (χ1) is 4.92. The molecule has 2 aromatic rings. The Labute approximate surface area is 56.8 Å². The van der Waals surface area contributed by atoms with Crippen LogP contribution in [0.1, 0.15) is 5.69 Å². The lowest BCUT2D eigenvalue weighted by Gasteiger charge is -1.80. The van der Waals surface area contributed by atoms with Crippen LogP contribution in [-0.2, 0) is 0 Å². The van der Waals surface area contributed by atoms with Crippen LogP contribution in [0.3, 0.4) is 0 Å². The van der Waals surface area contributed by atoms with E-state index in [9.17, 15) is 0 Å². The molecule has 0 aromatic carbocycles. The number of nitrogens with zero attached hydrogens (tertiary/aromatic N) is 3. The lowest BCUT2D eigenvalue weighted by molar-refractivity contribution is 0.447. The van der Waals surface area contributed by atoms with Crippen molar-refractivity contribution in [3.05, 3.63) is 24.8 Å². The Morgan fingerprint density at radius 2 is 2.60 bits per heavy atom. The molecule has 0 radical (unpaired) electrons. The smallest absolute Gasteiger partial charge is 0.315 e. The molecule has 0 atom stereocenters. The molecule has 0 bridgehead atoms. The SMILES string of the molecule is C=Cc1cnc2oncn12. The van der Waals surface area contributed by atoms with E-state index in [2.05, 4.69) is 16.7 Å². The van der Waals surface area contributed by atoms with Crippen LogP contribution in [0.5, 0.6) is 0 Å². The molecule has 0 aliphatic carbocycles. The molecule has 2 aromatic heterocycles. The summed E-state index contributed by atoms with van der Waals surface area (Å²) in [7, 11) is 0. The Morgan fingerprint density at radius 1 is 1.70 bits per heavy atom. The minimum Gasteiger partial charge on any atom is -0.315 e. The predicted octanol–water partition coefficient (Wildman–Crippen LogP) is 0.965. The quantitative estimate of drug-likeness (QED) is 0.585. The summed E-state index contributed by atoms with van der Waals surface area (Å²) in [6.45, 7) is 3.60. The number of hydrogen-bond donors (Lipinski definition) is 0. The van der Waals surface area contributed by atoms with Gasteiger partial charge in [-0.15, -0.1) is 0 Å². The minimum atomic E-state index is 0.495. The van der Waals surface area contributed by atoms with E-state index in [1.165, 1.54) is 0 Å². The number of aromatic nitrogens is 3. The van der Waals surface area contributed by atoms with Gasteiger partial charge in [0.25, 0.3) is 0 Å². The zero-order valence-corrected chi connectivity index (χ0v) is 5.19. The molecule has 0 amide bonds. The summed E-state index contributed by atoms with van der Waals surface area (Å²) in [5, 5.41) is 3.55. The van der Waals surface area contributed by atoms with Gasteiger partial charge in [-0.1, -0.05) is 11.7 Å². The molecule has 4 heteroatoms. The molecule has 0 aliphatic heterocycles. The lowest BCUT2D eigenvalue weighted by atomic mass is 10.5. The second-order valence-corrected chi connectivity index (χ2v) is 1.85. The van der Waals surface area contributed by atoms with E-state index in [1.54, 1.807) is 23.0 Å². The maximum atomic E-state index is 4.75. The summed E-state index contributed by atoms with van der Waals surface area (Å²) >= 11 is 0. The largest absolute Gasteiger partial charge is 0.332 e. The third kappa shape index (κ3) is 0.500. The van der Waals surface area contributed by atoms with Crippen LogP contribution in [-0.4, -0.2) is 14.5 Å². The predicted molar refractivity (Wildman–Crippen MR) is 35.3 cm³/mol. The maximum Gasteiger partial charge on any atom is 0.332 e. The van der Waals surface area contributed by atoms with Crippen LogP contribution < -0.4 is 0 Å². The van der Waals surface area contributed by atoms with Gasteiger partial charge in [0.15, 0.2) is 0 Å². The van der Waals surface area contributed by atoms with Crippen molar-refractivity contribution in [2.24, 2.45) is 0 Å². The molecule has 0 saturated heterocycles. The molecule has 0 saturated carbocycles. The standard InChI is InChI=1S/C6H5N3O/c1-2-5-3-7-6-9(5)4-8-10-6/h2-4H,1H2. The molecular formula is C6H5N3O. The fraction of sp³-hybridized carbons (Fsp3) is 0. The molecule has 0 N–H and O–H groups in total. The molecule has 10 heavy (non-hydrogen) atoms. The van der Waals surface area contributed by atoms with E-state index >= 15 is 0 Å². The first-order valence-corrected chi connectivity index (χ1v) is 2.82. The summed E-state index contributed by atoms with van der Waals surface area (Å²) < 4.78 is 6.47. The summed E-state index contributed by atoms with van der Waals surface area (Å²) in [5.41, 5.74) is 0.885. The van der Waals surface area contributed by atoms with Gasteiger partial charge in [-0.2, -0.15) is 0 Å². The molecule has 0 fully saturated rings. The second kappa shape index (κ2) is 1.70. The first-order valence-electron chi connectivity index (χ1n) is 2.82. The van der Waals surface area contributed by atoms with Gasteiger partial charge in [-0.25, -0.2) is 9.38 Å². The van der Waals surface area contributed by atoms with Crippen molar-refractivity contribution in [1.82, 2.24) is 14.5 Å². The Balaban J connectivity index is 2.88. The Morgan fingerprint density at radius 3 is 3.40 bits per heavy atom. The van der Waals surface area contributed by atoms with E-state index < -0.39 is 0 Å². The van der Waals surface area contributed by atoms with E-state index in [1.807, 2.05) is 0 Å². The zero-order valence-electron chi connectivity index (χ0n) is 5.19. The highest BCUT2D eigenvalue weighted by Crippen LogP contribution is 2.04. The molecule has 0 spiro atoms. The van der Waals surface area contributed by atoms with Crippen molar-refractivity contribution in [3.63, 3.8) is 0 Å². The van der Waals surface area contributed by atoms with Crippen LogP contribution >= 0.6 is 0 Å². The van der Waals surface area contributed by atoms with Crippen LogP contribution in [0.25, 0.3) is 11.9 Å². The molecule has 2 rings (SSSR count). The fourth-order valence-electron chi connectivity index (χ4n) is 0.809. The monoisotopic (exact) mass is 135 g/mol. The Bertz CT molecular complexity index is 360. The normalized spacial score (nSPS) is 10.4. The average molecular weight is 135 g/mol. The van der Waals surface area contributed by atoms with Crippen molar-refractivity contribution in [3.8, 4) is 0 Å². The highest BCUT2D eigenvalue weighted by atomic mass is 16.5. The summed E-state index contributed by atoms with van der Waals surface area (Å²) in [6, 6.07) is 0. The summed E-state index contributed by atoms with van der Waals surface area (Å²) in [5.74, 6) is 0.495. The van der Waals surface area contributed by atoms with Gasteiger partial charge in [0.05, 0.1) is 11.9 Å². The third-order valence-electron chi connectivity index (χ3n) is 1.30. The molecular weight excluding hydrogens is 130 g/mol. The van der Waals surface area contributed by atoms with Crippen molar-refractivity contribution in [1.29, 1.82) is 0 Å². The van der Waals surface area contributed by atoms with E-state index in [-0.39, 0.29) is 0 Å². The number of imidazole rings is 1. The van der Waals surface area contributed by atoms with Gasteiger partial charge in [-0.3, -0.25) is 0 Å². The van der Waals surface area contributed by atoms with E-state index in [0.29, 0.717) is 5.84 Å². The number of rotatable bonds is 1. The summed E-state index contributed by atoms with van der Waals surface area (Å²) in [6.07, 6.45) is 4.92. The van der Waals surface area contributed by atoms with Crippen molar-refractivity contribution in [2.45, 2.75) is 0 Å². The molecule has 2 heterocycles. The zero-order chi connectivity index (χ0) is 6.97. The molecule has 4 nitrogen and oxygen atoms in total. The fourth-order valence-corrected chi connectivity index (χ4v) is 0.809. The van der Waals surface area contributed by atoms with Gasteiger partial charge in [0.1, 0.15) is 6.33 Å². The first kappa shape index (κ1) is 5.22. The number of hydrogen-bond acceptors (Lipinski definition) is 3. The molecule has 0 unspecified atom stereocenters. The van der Waals surface area contributed by atoms with Crippen LogP contribution in [0, 0.1) is 0 Å². The van der Waals surface area contributed by atoms with Crippen LogP contribution in [0.15, 0.2) is 23.6 Å². The molecule has 50 valence electrons. The number of fused-ring (bicyclic) bond motifs is 1. The van der Waals surface area contributed by atoms with Crippen molar-refractivity contribution >= 4 is 11.9 Å². The maximum absolute atomic E-state index is 4.75. The van der Waals surface area contributed by atoms with E-state index in [0.717, 1.165) is 5.69 Å². The van der Waals surface area contributed by atoms with Crippen LogP contribution in [0.2, 0.25) is 0 Å². The highest BCUT2D eigenvalue weighted by Gasteiger charge is 2.00. The van der Waals surface area contributed by atoms with Crippen molar-refractivity contribution in [2.75, 3.05) is 0 Å². The Kier molecular flexibility index (Phi) is 0.887. The van der Waals surface area contributed by atoms with Gasteiger partial charge < -0.3 is 4.52 Å². The van der Waals surface area contributed by atoms with Gasteiger partial charge in [0, 0.05) is 0 Å². The third-order valence-corrected chi connectivity index (χ3v) is 1.30. The Hall–Kier alpha value is -1.58. The minimum absolute atomic E-state index is 0.495. The van der Waals surface area contributed by atoms with Gasteiger partial charge in [-0.05, 0) is 6.08 Å². The topological polar surface area (TPSA) is 43.3 Å². The average Bonchev–Trinajstić information content (AvgIpc) is 2.44. The molecule has 0 aliphatic rings. The highest BCUT2D eigenvalue weighted by molar-refractivity contribution is 5.45. The van der Waals surface area contributed by atoms with Gasteiger partial charge >= 0.3 is 5.84 Å². The van der Waals surface area contributed by atoms with Crippen molar-refractivity contribution < 1.29 is 4.52 Å².